The Labute approximate surface area is 177 Å². The third-order valence-corrected chi connectivity index (χ3v) is 7.39. The van der Waals surface area contributed by atoms with Gasteiger partial charge in [-0.1, -0.05) is 61.0 Å². The highest BCUT2D eigenvalue weighted by molar-refractivity contribution is 8.00. The Bertz CT molecular complexity index is 782. The van der Waals surface area contributed by atoms with E-state index < -0.39 is 0 Å². The summed E-state index contributed by atoms with van der Waals surface area (Å²) >= 11 is 1.91. The number of nitrogens with one attached hydrogen (secondary N) is 1. The first-order chi connectivity index (χ1) is 14.3. The standard InChI is InChI=1S/C24H29NO3S/c26-22(25-28-23-10-4-6-16-27-23)18-24(15-5-7-17-29-24)21-13-11-20(12-14-21)19-8-2-1-3-9-19/h1-3,8-9,11-14,23H,4-7,10,15-18H2,(H,25,26). The van der Waals surface area contributed by atoms with E-state index in [9.17, 15) is 4.79 Å². The maximum absolute atomic E-state index is 12.7. The van der Waals surface area contributed by atoms with E-state index >= 15 is 0 Å². The molecule has 4 nitrogen and oxygen atoms in total. The van der Waals surface area contributed by atoms with Crippen molar-refractivity contribution in [2.45, 2.75) is 56.0 Å². The Morgan fingerprint density at radius 3 is 2.52 bits per heavy atom. The van der Waals surface area contributed by atoms with Crippen LogP contribution >= 0.6 is 11.8 Å². The fraction of sp³-hybridized carbons (Fsp3) is 0.458. The molecule has 4 rings (SSSR count). The van der Waals surface area contributed by atoms with Gasteiger partial charge in [0, 0.05) is 24.2 Å². The predicted octanol–water partition coefficient (Wildman–Crippen LogP) is 5.43. The normalized spacial score (nSPS) is 24.8. The van der Waals surface area contributed by atoms with E-state index in [1.54, 1.807) is 0 Å². The second-order valence-corrected chi connectivity index (χ2v) is 9.34. The number of benzene rings is 2. The van der Waals surface area contributed by atoms with Gasteiger partial charge in [0.15, 0.2) is 6.29 Å². The van der Waals surface area contributed by atoms with Gasteiger partial charge < -0.3 is 4.74 Å². The highest BCUT2D eigenvalue weighted by Gasteiger charge is 2.37. The molecule has 0 saturated carbocycles. The van der Waals surface area contributed by atoms with Gasteiger partial charge in [-0.15, -0.1) is 11.8 Å². The van der Waals surface area contributed by atoms with Crippen LogP contribution in [0.4, 0.5) is 0 Å². The quantitative estimate of drug-likeness (QED) is 0.644. The summed E-state index contributed by atoms with van der Waals surface area (Å²) in [6.45, 7) is 0.702. The molecule has 0 radical (unpaired) electrons. The number of carbonyl (C=O) groups excluding carboxylic acids is 1. The van der Waals surface area contributed by atoms with Crippen molar-refractivity contribution in [3.63, 3.8) is 0 Å². The first-order valence-corrected chi connectivity index (χ1v) is 11.6. The van der Waals surface area contributed by atoms with Gasteiger partial charge >= 0.3 is 0 Å². The molecule has 0 spiro atoms. The van der Waals surface area contributed by atoms with Crippen LogP contribution in [0, 0.1) is 0 Å². The Kier molecular flexibility index (Phi) is 6.90. The van der Waals surface area contributed by atoms with E-state index in [-0.39, 0.29) is 16.9 Å². The van der Waals surface area contributed by atoms with Gasteiger partial charge in [0.05, 0.1) is 0 Å². The van der Waals surface area contributed by atoms with Crippen LogP contribution < -0.4 is 5.48 Å². The maximum atomic E-state index is 12.7. The monoisotopic (exact) mass is 411 g/mol. The van der Waals surface area contributed by atoms with Crippen molar-refractivity contribution >= 4 is 17.7 Å². The van der Waals surface area contributed by atoms with Crippen molar-refractivity contribution in [1.29, 1.82) is 0 Å². The Morgan fingerprint density at radius 2 is 1.83 bits per heavy atom. The van der Waals surface area contributed by atoms with E-state index in [2.05, 4.69) is 54.0 Å². The van der Waals surface area contributed by atoms with E-state index in [0.29, 0.717) is 13.0 Å². The first kappa shape index (κ1) is 20.5. The second kappa shape index (κ2) is 9.79. The summed E-state index contributed by atoms with van der Waals surface area (Å²) in [7, 11) is 0. The van der Waals surface area contributed by atoms with Crippen molar-refractivity contribution in [3.05, 3.63) is 60.2 Å². The summed E-state index contributed by atoms with van der Waals surface area (Å²) in [6, 6.07) is 19.1. The Morgan fingerprint density at radius 1 is 1.03 bits per heavy atom. The minimum Gasteiger partial charge on any atom is -0.350 e. The van der Waals surface area contributed by atoms with Crippen molar-refractivity contribution in [3.8, 4) is 11.1 Å². The minimum absolute atomic E-state index is 0.0688. The molecule has 154 valence electrons. The molecule has 2 heterocycles. The lowest BCUT2D eigenvalue weighted by Gasteiger charge is -2.37. The average Bonchev–Trinajstić information content (AvgIpc) is 2.80. The number of rotatable bonds is 6. The van der Waals surface area contributed by atoms with Gasteiger partial charge in [0.25, 0.3) is 0 Å². The number of hydroxylamine groups is 1. The summed E-state index contributed by atoms with van der Waals surface area (Å²) in [5, 5.41) is 0. The van der Waals surface area contributed by atoms with Crippen molar-refractivity contribution in [1.82, 2.24) is 5.48 Å². The molecule has 2 fully saturated rings. The zero-order chi connectivity index (χ0) is 19.9. The molecule has 2 aliphatic rings. The third kappa shape index (κ3) is 5.21. The van der Waals surface area contributed by atoms with E-state index in [1.807, 2.05) is 17.8 Å². The second-order valence-electron chi connectivity index (χ2n) is 7.86. The van der Waals surface area contributed by atoms with E-state index in [1.165, 1.54) is 23.1 Å². The van der Waals surface area contributed by atoms with Crippen LogP contribution in [0.2, 0.25) is 0 Å². The Balaban J connectivity index is 1.45. The van der Waals surface area contributed by atoms with Crippen LogP contribution in [0.25, 0.3) is 11.1 Å². The molecule has 29 heavy (non-hydrogen) atoms. The van der Waals surface area contributed by atoms with Crippen LogP contribution in [0.3, 0.4) is 0 Å². The lowest BCUT2D eigenvalue weighted by molar-refractivity contribution is -0.200. The molecule has 2 aromatic rings. The number of hydrogen-bond donors (Lipinski definition) is 1. The molecule has 0 aliphatic carbocycles. The SMILES string of the molecule is O=C(CC1(c2ccc(-c3ccccc3)cc2)CCCCS1)NOC1CCCCO1. The molecule has 2 atom stereocenters. The number of ether oxygens (including phenoxy) is 1. The molecule has 2 aliphatic heterocycles. The maximum Gasteiger partial charge on any atom is 0.245 e. The van der Waals surface area contributed by atoms with Crippen LogP contribution in [0.5, 0.6) is 0 Å². The number of thioether (sulfide) groups is 1. The number of hydrogen-bond acceptors (Lipinski definition) is 4. The molecule has 1 amide bonds. The highest BCUT2D eigenvalue weighted by Crippen LogP contribution is 2.48. The zero-order valence-electron chi connectivity index (χ0n) is 16.8. The third-order valence-electron chi connectivity index (χ3n) is 5.76. The molecule has 0 aromatic heterocycles. The van der Waals surface area contributed by atoms with Gasteiger partial charge in [0.2, 0.25) is 5.91 Å². The number of amides is 1. The van der Waals surface area contributed by atoms with Gasteiger partial charge in [-0.25, -0.2) is 10.3 Å². The van der Waals surface area contributed by atoms with Gasteiger partial charge in [-0.3, -0.25) is 4.79 Å². The van der Waals surface area contributed by atoms with Crippen molar-refractivity contribution in [2.75, 3.05) is 12.4 Å². The van der Waals surface area contributed by atoms with Crippen molar-refractivity contribution < 1.29 is 14.4 Å². The largest absolute Gasteiger partial charge is 0.350 e. The van der Waals surface area contributed by atoms with Gasteiger partial charge in [0.1, 0.15) is 0 Å². The predicted molar refractivity (Wildman–Crippen MR) is 117 cm³/mol. The summed E-state index contributed by atoms with van der Waals surface area (Å²) < 4.78 is 5.35. The molecule has 2 saturated heterocycles. The molecule has 1 N–H and O–H groups in total. The lowest BCUT2D eigenvalue weighted by Crippen LogP contribution is -2.37. The van der Waals surface area contributed by atoms with Crippen molar-refractivity contribution in [2.24, 2.45) is 0 Å². The molecular formula is C24H29NO3S. The summed E-state index contributed by atoms with van der Waals surface area (Å²) in [5.41, 5.74) is 6.29. The highest BCUT2D eigenvalue weighted by atomic mass is 32.2. The summed E-state index contributed by atoms with van der Waals surface area (Å²) in [4.78, 5) is 18.2. The smallest absolute Gasteiger partial charge is 0.245 e. The molecule has 2 unspecified atom stereocenters. The van der Waals surface area contributed by atoms with Crippen LogP contribution in [-0.4, -0.2) is 24.6 Å². The number of carbonyl (C=O) groups is 1. The van der Waals surface area contributed by atoms with Crippen LogP contribution in [0.15, 0.2) is 54.6 Å². The first-order valence-electron chi connectivity index (χ1n) is 10.6. The van der Waals surface area contributed by atoms with Crippen LogP contribution in [0.1, 0.15) is 50.5 Å². The van der Waals surface area contributed by atoms with Gasteiger partial charge in [-0.05, 0) is 48.1 Å². The molecule has 2 aromatic carbocycles. The van der Waals surface area contributed by atoms with Crippen LogP contribution in [-0.2, 0) is 19.1 Å². The topological polar surface area (TPSA) is 47.6 Å². The zero-order valence-corrected chi connectivity index (χ0v) is 17.6. The van der Waals surface area contributed by atoms with Gasteiger partial charge in [-0.2, -0.15) is 0 Å². The Hall–Kier alpha value is -1.82. The fourth-order valence-electron chi connectivity index (χ4n) is 4.15. The summed E-state index contributed by atoms with van der Waals surface area (Å²) in [5.74, 6) is 1.01. The van der Waals surface area contributed by atoms with E-state index in [0.717, 1.165) is 37.9 Å². The van der Waals surface area contributed by atoms with E-state index in [4.69, 9.17) is 9.57 Å². The minimum atomic E-state index is -0.312. The fourth-order valence-corrected chi connectivity index (χ4v) is 5.71. The average molecular weight is 412 g/mol. The molecule has 0 bridgehead atoms. The summed E-state index contributed by atoms with van der Waals surface area (Å²) in [6.07, 6.45) is 6.45. The molecular weight excluding hydrogens is 382 g/mol. The lowest BCUT2D eigenvalue weighted by atomic mass is 9.87. The molecule has 5 heteroatoms.